The van der Waals surface area contributed by atoms with Crippen molar-refractivity contribution < 1.29 is 9.59 Å². The van der Waals surface area contributed by atoms with E-state index in [-0.39, 0.29) is 23.8 Å². The SMILES string of the molecule is CCN(Cc1ccc(-n2ccc(NC(=O)N3CCN(C(=O)C(C)(C)N)CC3)nc2=O)cc1)C1CCCC(N)C1. The molecule has 4 rings (SSSR count). The topological polar surface area (TPSA) is 143 Å². The molecule has 212 valence electrons. The lowest BCUT2D eigenvalue weighted by atomic mass is 9.90. The molecule has 2 fully saturated rings. The van der Waals surface area contributed by atoms with Crippen molar-refractivity contribution in [3.63, 3.8) is 0 Å². The lowest BCUT2D eigenvalue weighted by molar-refractivity contribution is -0.137. The van der Waals surface area contributed by atoms with Gasteiger partial charge < -0.3 is 21.3 Å². The monoisotopic (exact) mass is 538 g/mol. The van der Waals surface area contributed by atoms with E-state index in [9.17, 15) is 14.4 Å². The molecule has 0 radical (unpaired) electrons. The number of carbonyl (C=O) groups excluding carboxylic acids is 2. The maximum Gasteiger partial charge on any atom is 0.354 e. The van der Waals surface area contributed by atoms with E-state index in [1.165, 1.54) is 23.0 Å². The van der Waals surface area contributed by atoms with Gasteiger partial charge in [-0.1, -0.05) is 25.5 Å². The van der Waals surface area contributed by atoms with Gasteiger partial charge in [-0.3, -0.25) is 19.6 Å². The minimum atomic E-state index is -0.946. The summed E-state index contributed by atoms with van der Waals surface area (Å²) in [5, 5.41) is 2.70. The number of anilines is 1. The molecule has 2 aliphatic rings. The summed E-state index contributed by atoms with van der Waals surface area (Å²) in [6.45, 7) is 8.90. The molecule has 2 heterocycles. The standard InChI is InChI=1S/C28H42N8O3/c1-4-33(23-7-5-6-21(29)18-23)19-20-8-10-22(11-9-20)36-13-12-24(32-27(36)39)31-26(38)35-16-14-34(15-17-35)25(37)28(2,3)30/h8-13,21,23H,4-7,14-19,29-30H2,1-3H3,(H,31,32,38,39). The van der Waals surface area contributed by atoms with Gasteiger partial charge >= 0.3 is 11.7 Å². The average molecular weight is 539 g/mol. The molecule has 11 nitrogen and oxygen atoms in total. The third kappa shape index (κ3) is 7.23. The van der Waals surface area contributed by atoms with E-state index in [0.29, 0.717) is 37.9 Å². The summed E-state index contributed by atoms with van der Waals surface area (Å²) in [4.78, 5) is 47.6. The fourth-order valence-electron chi connectivity index (χ4n) is 5.41. The fraction of sp³-hybridized carbons (Fsp3) is 0.571. The number of hydrogen-bond donors (Lipinski definition) is 3. The Labute approximate surface area is 230 Å². The van der Waals surface area contributed by atoms with E-state index in [4.69, 9.17) is 11.5 Å². The van der Waals surface area contributed by atoms with Crippen molar-refractivity contribution in [2.45, 2.75) is 70.6 Å². The fourth-order valence-corrected chi connectivity index (χ4v) is 5.41. The van der Waals surface area contributed by atoms with Crippen LogP contribution < -0.4 is 22.5 Å². The summed E-state index contributed by atoms with van der Waals surface area (Å²) < 4.78 is 1.45. The van der Waals surface area contributed by atoms with Crippen LogP contribution in [-0.2, 0) is 11.3 Å². The van der Waals surface area contributed by atoms with Crippen LogP contribution in [0, 0.1) is 0 Å². The second kappa shape index (κ2) is 12.3. The predicted octanol–water partition coefficient (Wildman–Crippen LogP) is 1.74. The zero-order valence-electron chi connectivity index (χ0n) is 23.3. The number of benzene rings is 1. The summed E-state index contributed by atoms with van der Waals surface area (Å²) in [5.41, 5.74) is 12.6. The molecule has 5 N–H and O–H groups in total. The number of hydrogen-bond acceptors (Lipinski definition) is 7. The van der Waals surface area contributed by atoms with Crippen LogP contribution >= 0.6 is 0 Å². The van der Waals surface area contributed by atoms with Gasteiger partial charge in [0.1, 0.15) is 5.82 Å². The normalized spacial score (nSPS) is 20.3. The van der Waals surface area contributed by atoms with Crippen molar-refractivity contribution in [1.82, 2.24) is 24.3 Å². The van der Waals surface area contributed by atoms with E-state index in [1.54, 1.807) is 35.9 Å². The van der Waals surface area contributed by atoms with Crippen molar-refractivity contribution >= 4 is 17.8 Å². The molecular formula is C28H42N8O3. The Morgan fingerprint density at radius 1 is 1.08 bits per heavy atom. The first-order valence-electron chi connectivity index (χ1n) is 13.9. The first-order valence-corrected chi connectivity index (χ1v) is 13.9. The number of rotatable bonds is 7. The van der Waals surface area contributed by atoms with Crippen LogP contribution in [0.25, 0.3) is 5.69 Å². The molecule has 1 aromatic carbocycles. The van der Waals surface area contributed by atoms with Gasteiger partial charge in [0, 0.05) is 51.0 Å². The second-order valence-electron chi connectivity index (χ2n) is 11.2. The Morgan fingerprint density at radius 2 is 1.74 bits per heavy atom. The molecule has 0 bridgehead atoms. The number of nitrogens with two attached hydrogens (primary N) is 2. The van der Waals surface area contributed by atoms with Crippen LogP contribution in [0.2, 0.25) is 0 Å². The van der Waals surface area contributed by atoms with E-state index < -0.39 is 11.2 Å². The van der Waals surface area contributed by atoms with Gasteiger partial charge in [-0.2, -0.15) is 4.98 Å². The highest BCUT2D eigenvalue weighted by Gasteiger charge is 2.31. The third-order valence-corrected chi connectivity index (χ3v) is 7.65. The number of carbonyl (C=O) groups is 2. The molecule has 2 aromatic rings. The molecule has 1 aliphatic carbocycles. The molecule has 2 unspecified atom stereocenters. The number of urea groups is 1. The number of nitrogens with zero attached hydrogens (tertiary/aromatic N) is 5. The van der Waals surface area contributed by atoms with Crippen LogP contribution in [-0.4, -0.2) is 86.5 Å². The van der Waals surface area contributed by atoms with Crippen molar-refractivity contribution in [3.8, 4) is 5.69 Å². The summed E-state index contributed by atoms with van der Waals surface area (Å²) in [6.07, 6.45) is 6.13. The molecule has 1 aliphatic heterocycles. The molecule has 2 atom stereocenters. The number of piperazine rings is 1. The van der Waals surface area contributed by atoms with Crippen LogP contribution in [0.4, 0.5) is 10.6 Å². The first kappa shape index (κ1) is 28.7. The van der Waals surface area contributed by atoms with Gasteiger partial charge in [0.2, 0.25) is 5.91 Å². The summed E-state index contributed by atoms with van der Waals surface area (Å²) >= 11 is 0. The highest BCUT2D eigenvalue weighted by molar-refractivity contribution is 5.89. The average Bonchev–Trinajstić information content (AvgIpc) is 2.91. The molecule has 1 saturated carbocycles. The lowest BCUT2D eigenvalue weighted by Crippen LogP contribution is -2.58. The minimum absolute atomic E-state index is 0.141. The largest absolute Gasteiger partial charge is 0.354 e. The summed E-state index contributed by atoms with van der Waals surface area (Å²) in [5.74, 6) is 0.0428. The quantitative estimate of drug-likeness (QED) is 0.487. The third-order valence-electron chi connectivity index (χ3n) is 7.65. The summed E-state index contributed by atoms with van der Waals surface area (Å²) in [6, 6.07) is 9.96. The minimum Gasteiger partial charge on any atom is -0.338 e. The highest BCUT2D eigenvalue weighted by atomic mass is 16.2. The van der Waals surface area contributed by atoms with E-state index in [2.05, 4.69) is 22.1 Å². The van der Waals surface area contributed by atoms with E-state index >= 15 is 0 Å². The molecule has 1 aromatic heterocycles. The van der Waals surface area contributed by atoms with Crippen LogP contribution in [0.3, 0.4) is 0 Å². The molecular weight excluding hydrogens is 496 g/mol. The van der Waals surface area contributed by atoms with Gasteiger partial charge in [-0.15, -0.1) is 0 Å². The Kier molecular flexibility index (Phi) is 9.04. The first-order chi connectivity index (χ1) is 18.5. The molecule has 11 heteroatoms. The predicted molar refractivity (Wildman–Crippen MR) is 152 cm³/mol. The molecule has 39 heavy (non-hydrogen) atoms. The van der Waals surface area contributed by atoms with Crippen LogP contribution in [0.5, 0.6) is 0 Å². The highest BCUT2D eigenvalue weighted by Crippen LogP contribution is 2.24. The van der Waals surface area contributed by atoms with Crippen molar-refractivity contribution in [1.29, 1.82) is 0 Å². The van der Waals surface area contributed by atoms with Gasteiger partial charge in [0.25, 0.3) is 0 Å². The number of nitrogens with one attached hydrogen (secondary N) is 1. The Balaban J connectivity index is 1.34. The Morgan fingerprint density at radius 3 is 2.33 bits per heavy atom. The second-order valence-corrected chi connectivity index (χ2v) is 11.2. The van der Waals surface area contributed by atoms with Gasteiger partial charge in [-0.05, 0) is 63.4 Å². The lowest BCUT2D eigenvalue weighted by Gasteiger charge is -2.37. The zero-order valence-corrected chi connectivity index (χ0v) is 23.3. The Hall–Kier alpha value is -3.28. The molecule has 3 amide bonds. The zero-order chi connectivity index (χ0) is 28.2. The van der Waals surface area contributed by atoms with Crippen molar-refractivity contribution in [3.05, 3.63) is 52.6 Å². The molecule has 1 saturated heterocycles. The van der Waals surface area contributed by atoms with Gasteiger partial charge in [0.15, 0.2) is 0 Å². The maximum atomic E-state index is 12.8. The van der Waals surface area contributed by atoms with Gasteiger partial charge in [0.05, 0.1) is 11.2 Å². The summed E-state index contributed by atoms with van der Waals surface area (Å²) in [7, 11) is 0. The van der Waals surface area contributed by atoms with E-state index in [0.717, 1.165) is 25.9 Å². The van der Waals surface area contributed by atoms with Crippen molar-refractivity contribution in [2.24, 2.45) is 11.5 Å². The van der Waals surface area contributed by atoms with Gasteiger partial charge in [-0.25, -0.2) is 9.59 Å². The van der Waals surface area contributed by atoms with Crippen LogP contribution in [0.15, 0.2) is 41.3 Å². The molecule has 0 spiro atoms. The maximum absolute atomic E-state index is 12.8. The van der Waals surface area contributed by atoms with Crippen molar-refractivity contribution in [2.75, 3.05) is 38.0 Å². The van der Waals surface area contributed by atoms with E-state index in [1.807, 2.05) is 24.3 Å². The smallest absolute Gasteiger partial charge is 0.338 e. The number of amides is 3. The Bertz CT molecular complexity index is 1200. The number of aromatic nitrogens is 2. The van der Waals surface area contributed by atoms with Crippen LogP contribution in [0.1, 0.15) is 52.0 Å².